The maximum absolute atomic E-state index is 12.9. The molecule has 1 unspecified atom stereocenters. The Balaban J connectivity index is 1.49. The number of allylic oxidation sites excluding steroid dienone is 1. The van der Waals surface area contributed by atoms with Gasteiger partial charge in [0.25, 0.3) is 0 Å². The summed E-state index contributed by atoms with van der Waals surface area (Å²) in [5.74, 6) is -1.40. The van der Waals surface area contributed by atoms with Gasteiger partial charge in [-0.05, 0) is 81.1 Å². The summed E-state index contributed by atoms with van der Waals surface area (Å²) in [7, 11) is 0. The highest BCUT2D eigenvalue weighted by Gasteiger charge is 2.63. The summed E-state index contributed by atoms with van der Waals surface area (Å²) in [5, 5.41) is 55.9. The number of fused-ring (bicyclic) bond motifs is 2. The van der Waals surface area contributed by atoms with E-state index in [9.17, 15) is 20.4 Å². The van der Waals surface area contributed by atoms with Crippen LogP contribution in [0.4, 0.5) is 0 Å². The lowest BCUT2D eigenvalue weighted by atomic mass is 9.55. The van der Waals surface area contributed by atoms with Crippen molar-refractivity contribution in [1.29, 1.82) is 0 Å². The second-order valence-electron chi connectivity index (χ2n) is 12.6. The quantitative estimate of drug-likeness (QED) is 0.187. The van der Waals surface area contributed by atoms with Gasteiger partial charge in [-0.25, -0.2) is 4.68 Å². The minimum Gasteiger partial charge on any atom is -0.508 e. The van der Waals surface area contributed by atoms with Crippen LogP contribution < -0.4 is 9.47 Å². The average molecular weight is 627 g/mol. The molecule has 0 bridgehead atoms. The van der Waals surface area contributed by atoms with Gasteiger partial charge >= 0.3 is 0 Å². The van der Waals surface area contributed by atoms with Crippen molar-refractivity contribution in [3.63, 3.8) is 0 Å². The third-order valence-electron chi connectivity index (χ3n) is 9.79. The van der Waals surface area contributed by atoms with Crippen molar-refractivity contribution in [3.05, 3.63) is 41.6 Å². The number of hydrogen-bond acceptors (Lipinski definition) is 11. The predicted octanol–water partition coefficient (Wildman–Crippen LogP) is 4.21. The molecule has 2 aliphatic heterocycles. The monoisotopic (exact) mass is 626 g/mol. The van der Waals surface area contributed by atoms with E-state index in [2.05, 4.69) is 21.5 Å². The maximum atomic E-state index is 12.9. The van der Waals surface area contributed by atoms with Crippen LogP contribution in [0, 0.1) is 17.8 Å². The molecule has 1 saturated heterocycles. The van der Waals surface area contributed by atoms with Gasteiger partial charge in [-0.2, -0.15) is 0 Å². The molecule has 0 radical (unpaired) electrons. The molecule has 1 saturated carbocycles. The number of aromatic nitrogens is 3. The molecule has 4 aliphatic rings. The molecule has 246 valence electrons. The molecule has 2 aliphatic carbocycles. The molecule has 0 spiro atoms. The molecule has 12 heteroatoms. The minimum absolute atomic E-state index is 0.0640. The van der Waals surface area contributed by atoms with Crippen molar-refractivity contribution in [3.8, 4) is 17.4 Å². The maximum Gasteiger partial charge on any atom is 0.238 e. The Kier molecular flexibility index (Phi) is 9.93. The number of unbranched alkanes of at least 4 members (excludes halogenated alkanes) is 2. The molecular weight excluding hydrogens is 580 g/mol. The Labute approximate surface area is 263 Å². The number of ether oxygens (including phenoxy) is 3. The number of nitrogens with zero attached hydrogens (tertiary/aromatic N) is 4. The first-order chi connectivity index (χ1) is 22.0. The molecule has 0 amide bonds. The molecule has 2 fully saturated rings. The molecule has 2 aromatic rings. The summed E-state index contributed by atoms with van der Waals surface area (Å²) in [6, 6.07) is 4.28. The van der Waals surface area contributed by atoms with Crippen LogP contribution in [0.5, 0.6) is 17.4 Å². The van der Waals surface area contributed by atoms with Crippen LogP contribution in [-0.2, 0) is 9.57 Å². The Morgan fingerprint density at radius 3 is 2.69 bits per heavy atom. The highest BCUT2D eigenvalue weighted by molar-refractivity contribution is 6.02. The number of aliphatic hydroxyl groups excluding tert-OH is 2. The first-order valence-electron chi connectivity index (χ1n) is 16.5. The normalized spacial score (nSPS) is 31.5. The summed E-state index contributed by atoms with van der Waals surface area (Å²) in [6.45, 7) is 3.11. The highest BCUT2D eigenvalue weighted by Crippen LogP contribution is 2.62. The van der Waals surface area contributed by atoms with E-state index in [0.29, 0.717) is 43.4 Å². The zero-order valence-electron chi connectivity index (χ0n) is 26.0. The summed E-state index contributed by atoms with van der Waals surface area (Å²) in [6.07, 6.45) is 11.0. The molecule has 4 N–H and O–H groups in total. The number of aliphatic hydroxyl groups is 3. The number of benzene rings is 1. The van der Waals surface area contributed by atoms with E-state index in [1.807, 2.05) is 6.92 Å². The van der Waals surface area contributed by atoms with E-state index < -0.39 is 24.0 Å². The van der Waals surface area contributed by atoms with Crippen molar-refractivity contribution in [2.24, 2.45) is 22.9 Å². The lowest BCUT2D eigenvalue weighted by molar-refractivity contribution is -0.226. The van der Waals surface area contributed by atoms with Crippen LogP contribution in [0.2, 0.25) is 0 Å². The SMILES string of the molecule is CCON=C1C[C@H](n2nncc2OC2CCCCO2)[C@@]2(O)Oc3ccc(O)cc3[C@H]3[C@H](CCCCO)[C@@H](CCCCO)C=C1[C@H]32. The predicted molar refractivity (Wildman–Crippen MR) is 164 cm³/mol. The molecule has 7 atom stereocenters. The summed E-state index contributed by atoms with van der Waals surface area (Å²) in [5.41, 5.74) is 2.40. The van der Waals surface area contributed by atoms with Gasteiger partial charge in [-0.15, -0.1) is 5.10 Å². The minimum atomic E-state index is -1.77. The van der Waals surface area contributed by atoms with E-state index >= 15 is 0 Å². The van der Waals surface area contributed by atoms with E-state index in [1.165, 1.54) is 6.20 Å². The molecule has 3 heterocycles. The van der Waals surface area contributed by atoms with Gasteiger partial charge in [0.1, 0.15) is 30.3 Å². The van der Waals surface area contributed by atoms with Crippen molar-refractivity contribution < 1.29 is 39.5 Å². The van der Waals surface area contributed by atoms with E-state index in [0.717, 1.165) is 56.1 Å². The van der Waals surface area contributed by atoms with E-state index in [4.69, 9.17) is 19.0 Å². The number of aromatic hydroxyl groups is 1. The summed E-state index contributed by atoms with van der Waals surface area (Å²) < 4.78 is 20.3. The van der Waals surface area contributed by atoms with Crippen LogP contribution in [0.15, 0.2) is 41.2 Å². The number of rotatable bonds is 13. The molecule has 6 rings (SSSR count). The third kappa shape index (κ3) is 6.30. The van der Waals surface area contributed by atoms with Crippen LogP contribution >= 0.6 is 0 Å². The fraction of sp³-hybridized carbons (Fsp3) is 0.667. The second kappa shape index (κ2) is 14.1. The molecular formula is C33H46N4O8. The molecule has 1 aromatic heterocycles. The highest BCUT2D eigenvalue weighted by atomic mass is 16.7. The molecule has 1 aromatic carbocycles. The van der Waals surface area contributed by atoms with Crippen LogP contribution in [0.25, 0.3) is 0 Å². The van der Waals surface area contributed by atoms with Gasteiger partial charge in [0.2, 0.25) is 18.0 Å². The Bertz CT molecular complexity index is 1360. The fourth-order valence-electron chi connectivity index (χ4n) is 7.82. The van der Waals surface area contributed by atoms with Crippen molar-refractivity contribution in [1.82, 2.24) is 15.0 Å². The van der Waals surface area contributed by atoms with Crippen molar-refractivity contribution in [2.75, 3.05) is 26.4 Å². The second-order valence-corrected chi connectivity index (χ2v) is 12.6. The Hall–Kier alpha value is -3.19. The van der Waals surface area contributed by atoms with Crippen LogP contribution in [-0.4, -0.2) is 79.6 Å². The van der Waals surface area contributed by atoms with Gasteiger partial charge in [0.15, 0.2) is 0 Å². The van der Waals surface area contributed by atoms with Gasteiger partial charge in [-0.1, -0.05) is 29.3 Å². The number of phenols is 1. The van der Waals surface area contributed by atoms with Gasteiger partial charge in [-0.3, -0.25) is 0 Å². The fourth-order valence-corrected chi connectivity index (χ4v) is 7.82. The lowest BCUT2D eigenvalue weighted by Crippen LogP contribution is -2.62. The number of oxime groups is 1. The lowest BCUT2D eigenvalue weighted by Gasteiger charge is -2.56. The van der Waals surface area contributed by atoms with Gasteiger partial charge in [0.05, 0.1) is 18.2 Å². The first kappa shape index (κ1) is 31.8. The Morgan fingerprint density at radius 1 is 1.11 bits per heavy atom. The molecule has 45 heavy (non-hydrogen) atoms. The number of phenolic OH excluding ortho intramolecular Hbond substituents is 1. The topological polar surface area (TPSA) is 161 Å². The summed E-state index contributed by atoms with van der Waals surface area (Å²) in [4.78, 5) is 5.65. The van der Waals surface area contributed by atoms with Gasteiger partial charge in [0, 0.05) is 37.5 Å². The zero-order valence-corrected chi connectivity index (χ0v) is 26.0. The van der Waals surface area contributed by atoms with E-state index in [1.54, 1.807) is 22.9 Å². The summed E-state index contributed by atoms with van der Waals surface area (Å²) >= 11 is 0. The first-order valence-corrected chi connectivity index (χ1v) is 16.5. The third-order valence-corrected chi connectivity index (χ3v) is 9.79. The van der Waals surface area contributed by atoms with E-state index in [-0.39, 0.29) is 43.1 Å². The van der Waals surface area contributed by atoms with Crippen molar-refractivity contribution >= 4 is 5.71 Å². The Morgan fingerprint density at radius 2 is 1.93 bits per heavy atom. The van der Waals surface area contributed by atoms with Crippen LogP contribution in [0.1, 0.15) is 88.7 Å². The van der Waals surface area contributed by atoms with Crippen LogP contribution in [0.3, 0.4) is 0 Å². The van der Waals surface area contributed by atoms with Gasteiger partial charge < -0.3 is 39.5 Å². The van der Waals surface area contributed by atoms with Crippen molar-refractivity contribution in [2.45, 2.75) is 95.2 Å². The largest absolute Gasteiger partial charge is 0.508 e. The molecule has 12 nitrogen and oxygen atoms in total. The number of hydrogen-bond donors (Lipinski definition) is 4. The zero-order chi connectivity index (χ0) is 31.4. The average Bonchev–Trinajstić information content (AvgIpc) is 3.49. The smallest absolute Gasteiger partial charge is 0.238 e. The standard InChI is InChI=1S/C33H46N4O8/c1-2-43-35-26-19-28(37-29(20-34-36-37)44-30-11-5-8-16-42-30)33(41)32-24(26)17-21(9-3-6-14-38)23(10-4-7-15-39)31(32)25-18-22(40)12-13-27(25)45-33/h12-13,17-18,20-21,23,28,30-32,38-41H,2-11,14-16,19H2,1H3/t21-,23+,28-,30?,31+,32+,33+/m0/s1.